The van der Waals surface area contributed by atoms with Gasteiger partial charge in [0.15, 0.2) is 0 Å². The number of aryl methyl sites for hydroxylation is 3. The van der Waals surface area contributed by atoms with E-state index in [0.29, 0.717) is 0 Å². The largest absolute Gasteiger partial charge is 0.0654 e. The van der Waals surface area contributed by atoms with E-state index in [1.807, 2.05) is 0 Å². The molecule has 0 aliphatic heterocycles. The van der Waals surface area contributed by atoms with Gasteiger partial charge in [-0.05, 0) is 170 Å². The van der Waals surface area contributed by atoms with E-state index in [1.165, 1.54) is 154 Å². The van der Waals surface area contributed by atoms with Crippen molar-refractivity contribution in [3.63, 3.8) is 0 Å². The Labute approximate surface area is 325 Å². The van der Waals surface area contributed by atoms with E-state index in [9.17, 15) is 0 Å². The number of unbranched alkanes of at least 4 members (excludes halogenated alkanes) is 6. The Morgan fingerprint density at radius 3 is 0.885 bits per heavy atom. The average molecular weight is 725 g/mol. The Morgan fingerprint density at radius 1 is 0.269 bits per heavy atom. The van der Waals surface area contributed by atoms with Gasteiger partial charge in [0.25, 0.3) is 0 Å². The Balaban J connectivity index is 2.60. The van der Waals surface area contributed by atoms with Crippen molar-refractivity contribution in [3.8, 4) is 0 Å². The lowest BCUT2D eigenvalue weighted by atomic mass is 9.90. The zero-order valence-corrected chi connectivity index (χ0v) is 36.8. The minimum atomic E-state index is -0.715. The van der Waals surface area contributed by atoms with Gasteiger partial charge in [0, 0.05) is 0 Å². The van der Waals surface area contributed by atoms with Gasteiger partial charge in [-0.25, -0.2) is 0 Å². The Hall–Kier alpha value is -1.91. The SMILES string of the molecule is CCCCc1ccc(P(c2ccc(CCC)c(CCC)c2CCC)c2ccc(CCCC)c(CCCC)c2CCCC)c(CCCC)c1CCCC. The highest BCUT2D eigenvalue weighted by Gasteiger charge is 2.29. The molecule has 3 rings (SSSR count). The van der Waals surface area contributed by atoms with E-state index in [1.54, 1.807) is 66.0 Å². The summed E-state index contributed by atoms with van der Waals surface area (Å²) < 4.78 is 0. The van der Waals surface area contributed by atoms with Crippen molar-refractivity contribution >= 4 is 23.8 Å². The maximum absolute atomic E-state index is 2.69. The van der Waals surface area contributed by atoms with Gasteiger partial charge >= 0.3 is 0 Å². The summed E-state index contributed by atoms with van der Waals surface area (Å²) in [6.07, 6.45) is 30.0. The third-order valence-electron chi connectivity index (χ3n) is 11.5. The molecular formula is C51H81P. The van der Waals surface area contributed by atoms with Gasteiger partial charge in [0.2, 0.25) is 0 Å². The highest BCUT2D eigenvalue weighted by Crippen LogP contribution is 2.42. The lowest BCUT2D eigenvalue weighted by molar-refractivity contribution is 0.736. The number of hydrogen-bond acceptors (Lipinski definition) is 0. The van der Waals surface area contributed by atoms with E-state index in [2.05, 4.69) is 98.7 Å². The fourth-order valence-corrected chi connectivity index (χ4v) is 11.6. The maximum Gasteiger partial charge on any atom is -0.0116 e. The molecule has 0 saturated carbocycles. The quantitative estimate of drug-likeness (QED) is 0.0687. The summed E-state index contributed by atoms with van der Waals surface area (Å²) in [5.41, 5.74) is 15.3. The van der Waals surface area contributed by atoms with Crippen LogP contribution in [0.25, 0.3) is 0 Å². The number of hydrogen-bond donors (Lipinski definition) is 0. The molecule has 0 radical (unpaired) electrons. The van der Waals surface area contributed by atoms with Crippen LogP contribution in [0.4, 0.5) is 0 Å². The van der Waals surface area contributed by atoms with E-state index < -0.39 is 7.92 Å². The second-order valence-corrected chi connectivity index (χ2v) is 17.9. The molecule has 290 valence electrons. The fourth-order valence-electron chi connectivity index (χ4n) is 8.60. The van der Waals surface area contributed by atoms with Gasteiger partial charge in [0.1, 0.15) is 0 Å². The third-order valence-corrected chi connectivity index (χ3v) is 14.2. The third kappa shape index (κ3) is 12.0. The summed E-state index contributed by atoms with van der Waals surface area (Å²) in [6.45, 7) is 21.5. The van der Waals surface area contributed by atoms with Crippen LogP contribution in [0.5, 0.6) is 0 Å². The first-order chi connectivity index (χ1) is 25.5. The van der Waals surface area contributed by atoms with Crippen molar-refractivity contribution in [3.05, 3.63) is 86.5 Å². The first kappa shape index (κ1) is 44.5. The number of rotatable bonds is 27. The van der Waals surface area contributed by atoms with Crippen molar-refractivity contribution in [1.29, 1.82) is 0 Å². The molecular weight excluding hydrogens is 644 g/mol. The summed E-state index contributed by atoms with van der Waals surface area (Å²) >= 11 is 0. The van der Waals surface area contributed by atoms with Crippen LogP contribution >= 0.6 is 7.92 Å². The van der Waals surface area contributed by atoms with Gasteiger partial charge < -0.3 is 0 Å². The molecule has 0 bridgehead atoms. The average Bonchev–Trinajstić information content (AvgIpc) is 3.16. The molecule has 0 amide bonds. The van der Waals surface area contributed by atoms with Gasteiger partial charge in [0.05, 0.1) is 0 Å². The monoisotopic (exact) mass is 725 g/mol. The van der Waals surface area contributed by atoms with Crippen LogP contribution in [0.2, 0.25) is 0 Å². The fraction of sp³-hybridized carbons (Fsp3) is 0.647. The molecule has 0 aliphatic carbocycles. The Morgan fingerprint density at radius 2 is 0.538 bits per heavy atom. The topological polar surface area (TPSA) is 0 Å². The molecule has 0 aromatic heterocycles. The van der Waals surface area contributed by atoms with Crippen LogP contribution in [0.3, 0.4) is 0 Å². The van der Waals surface area contributed by atoms with E-state index in [0.717, 1.165) is 0 Å². The molecule has 0 fully saturated rings. The molecule has 0 N–H and O–H groups in total. The molecule has 0 saturated heterocycles. The van der Waals surface area contributed by atoms with Gasteiger partial charge in [-0.2, -0.15) is 0 Å². The molecule has 0 spiro atoms. The zero-order chi connectivity index (χ0) is 37.7. The van der Waals surface area contributed by atoms with Crippen molar-refractivity contribution in [1.82, 2.24) is 0 Å². The van der Waals surface area contributed by atoms with E-state index in [-0.39, 0.29) is 0 Å². The van der Waals surface area contributed by atoms with Crippen molar-refractivity contribution in [2.24, 2.45) is 0 Å². The Kier molecular flexibility index (Phi) is 21.6. The zero-order valence-electron chi connectivity index (χ0n) is 35.9. The van der Waals surface area contributed by atoms with Crippen LogP contribution in [-0.4, -0.2) is 0 Å². The van der Waals surface area contributed by atoms with Crippen molar-refractivity contribution in [2.45, 2.75) is 216 Å². The molecule has 1 heteroatoms. The molecule has 0 heterocycles. The highest BCUT2D eigenvalue weighted by molar-refractivity contribution is 7.80. The molecule has 0 unspecified atom stereocenters. The standard InChI is InChI=1S/C51H81P/c1-10-19-28-41-35-38-50(47(32-23-14-5)44(41)30-21-12-3)52(49-37-34-40(25-16-7)43(26-17-8)46(49)27-18-9)51-39-36-42(29-20-11-2)45(31-22-13-4)48(51)33-24-15-6/h34-39H,10-33H2,1-9H3. The van der Waals surface area contributed by atoms with Gasteiger partial charge in [-0.3, -0.25) is 0 Å². The van der Waals surface area contributed by atoms with Crippen LogP contribution in [0.15, 0.2) is 36.4 Å². The second kappa shape index (κ2) is 25.2. The minimum absolute atomic E-state index is 0.715. The Bertz CT molecular complexity index is 1370. The molecule has 3 aromatic rings. The van der Waals surface area contributed by atoms with Crippen LogP contribution < -0.4 is 15.9 Å². The van der Waals surface area contributed by atoms with Crippen LogP contribution in [0.1, 0.15) is 209 Å². The molecule has 0 atom stereocenters. The molecule has 52 heavy (non-hydrogen) atoms. The summed E-state index contributed by atoms with van der Waals surface area (Å²) in [5, 5.41) is 5.11. The summed E-state index contributed by atoms with van der Waals surface area (Å²) in [6, 6.07) is 15.9. The molecule has 0 aliphatic rings. The molecule has 0 nitrogen and oxygen atoms in total. The normalized spacial score (nSPS) is 11.7. The predicted molar refractivity (Wildman–Crippen MR) is 239 cm³/mol. The smallest absolute Gasteiger partial charge is 0.0116 e. The molecule has 3 aromatic carbocycles. The highest BCUT2D eigenvalue weighted by atomic mass is 31.1. The second-order valence-electron chi connectivity index (χ2n) is 15.8. The summed E-state index contributed by atoms with van der Waals surface area (Å²) in [7, 11) is -0.715. The summed E-state index contributed by atoms with van der Waals surface area (Å²) in [5.74, 6) is 0. The number of benzene rings is 3. The van der Waals surface area contributed by atoms with Gasteiger partial charge in [-0.15, -0.1) is 0 Å². The lowest BCUT2D eigenvalue weighted by Crippen LogP contribution is -2.31. The predicted octanol–water partition coefficient (Wildman–Crippen LogP) is 14.4. The minimum Gasteiger partial charge on any atom is -0.0654 e. The first-order valence-corrected chi connectivity index (χ1v) is 24.0. The maximum atomic E-state index is 2.69. The van der Waals surface area contributed by atoms with Gasteiger partial charge in [-0.1, -0.05) is 156 Å². The lowest BCUT2D eigenvalue weighted by Gasteiger charge is -2.32. The first-order valence-electron chi connectivity index (χ1n) is 22.7. The van der Waals surface area contributed by atoms with Crippen molar-refractivity contribution in [2.75, 3.05) is 0 Å². The van der Waals surface area contributed by atoms with Crippen LogP contribution in [-0.2, 0) is 57.8 Å². The van der Waals surface area contributed by atoms with E-state index >= 15 is 0 Å². The van der Waals surface area contributed by atoms with E-state index in [4.69, 9.17) is 0 Å². The van der Waals surface area contributed by atoms with Crippen LogP contribution in [0, 0.1) is 0 Å². The van der Waals surface area contributed by atoms with Crippen molar-refractivity contribution < 1.29 is 0 Å². The summed E-state index contributed by atoms with van der Waals surface area (Å²) in [4.78, 5) is 0.